The van der Waals surface area contributed by atoms with Crippen molar-refractivity contribution in [2.45, 2.75) is 38.3 Å². The maximum atomic E-state index is 9.75. The summed E-state index contributed by atoms with van der Waals surface area (Å²) in [5, 5.41) is 21.1. The molecule has 1 fully saturated rings. The summed E-state index contributed by atoms with van der Waals surface area (Å²) in [5.74, 6) is 0.240. The Morgan fingerprint density at radius 2 is 2.36 bits per heavy atom. The minimum atomic E-state index is -0.584. The SMILES string of the molecule is CC(C/C(N)=N/O)N1CCC(C)(O)C1. The first kappa shape index (κ1) is 11.3. The van der Waals surface area contributed by atoms with E-state index in [4.69, 9.17) is 10.9 Å². The zero-order chi connectivity index (χ0) is 10.8. The van der Waals surface area contributed by atoms with Crippen molar-refractivity contribution in [3.63, 3.8) is 0 Å². The van der Waals surface area contributed by atoms with Crippen molar-refractivity contribution in [1.82, 2.24) is 4.90 Å². The van der Waals surface area contributed by atoms with Gasteiger partial charge in [-0.2, -0.15) is 0 Å². The number of oxime groups is 1. The molecule has 1 aliphatic heterocycles. The quantitative estimate of drug-likeness (QED) is 0.259. The number of hydrogen-bond donors (Lipinski definition) is 3. The Labute approximate surface area is 84.2 Å². The molecule has 0 saturated carbocycles. The molecule has 0 radical (unpaired) electrons. The van der Waals surface area contributed by atoms with E-state index in [1.165, 1.54) is 0 Å². The first-order valence-electron chi connectivity index (χ1n) is 4.87. The maximum Gasteiger partial charge on any atom is 0.140 e. The Bertz CT molecular complexity index is 228. The summed E-state index contributed by atoms with van der Waals surface area (Å²) >= 11 is 0. The predicted octanol–water partition coefficient (Wildman–Crippen LogP) is -0.0319. The van der Waals surface area contributed by atoms with Crippen LogP contribution in [0.25, 0.3) is 0 Å². The smallest absolute Gasteiger partial charge is 0.140 e. The standard InChI is InChI=1S/C9H19N3O2/c1-7(5-8(10)11-14)12-4-3-9(2,13)6-12/h7,13-14H,3-6H2,1-2H3,(H2,10,11). The molecule has 1 heterocycles. The molecule has 82 valence electrons. The number of nitrogens with two attached hydrogens (primary N) is 1. The third-order valence-corrected chi connectivity index (χ3v) is 2.74. The average molecular weight is 201 g/mol. The molecule has 14 heavy (non-hydrogen) atoms. The molecule has 2 atom stereocenters. The lowest BCUT2D eigenvalue weighted by Crippen LogP contribution is -2.37. The van der Waals surface area contributed by atoms with Crippen molar-refractivity contribution in [1.29, 1.82) is 0 Å². The molecule has 1 saturated heterocycles. The van der Waals surface area contributed by atoms with Crippen molar-refractivity contribution in [3.8, 4) is 0 Å². The van der Waals surface area contributed by atoms with Crippen LogP contribution in [0.1, 0.15) is 26.7 Å². The van der Waals surface area contributed by atoms with E-state index in [9.17, 15) is 5.11 Å². The van der Waals surface area contributed by atoms with Gasteiger partial charge in [-0.1, -0.05) is 5.16 Å². The van der Waals surface area contributed by atoms with E-state index in [1.54, 1.807) is 0 Å². The largest absolute Gasteiger partial charge is 0.409 e. The zero-order valence-corrected chi connectivity index (χ0v) is 8.77. The van der Waals surface area contributed by atoms with Crippen molar-refractivity contribution in [2.75, 3.05) is 13.1 Å². The molecule has 0 spiro atoms. The van der Waals surface area contributed by atoms with E-state index in [0.29, 0.717) is 13.0 Å². The second-order valence-electron chi connectivity index (χ2n) is 4.36. The molecular weight excluding hydrogens is 182 g/mol. The van der Waals surface area contributed by atoms with Gasteiger partial charge >= 0.3 is 0 Å². The van der Waals surface area contributed by atoms with Crippen LogP contribution in [0.5, 0.6) is 0 Å². The number of amidine groups is 1. The van der Waals surface area contributed by atoms with Crippen molar-refractivity contribution < 1.29 is 10.3 Å². The summed E-state index contributed by atoms with van der Waals surface area (Å²) in [7, 11) is 0. The molecule has 5 nitrogen and oxygen atoms in total. The molecule has 1 aliphatic rings. The number of rotatable bonds is 3. The number of likely N-dealkylation sites (tertiary alicyclic amines) is 1. The first-order chi connectivity index (χ1) is 6.44. The highest BCUT2D eigenvalue weighted by atomic mass is 16.4. The van der Waals surface area contributed by atoms with Gasteiger partial charge in [-0.15, -0.1) is 0 Å². The Morgan fingerprint density at radius 1 is 1.71 bits per heavy atom. The summed E-state index contributed by atoms with van der Waals surface area (Å²) in [6.45, 7) is 5.38. The second-order valence-corrected chi connectivity index (χ2v) is 4.36. The maximum absolute atomic E-state index is 9.75. The van der Waals surface area contributed by atoms with E-state index < -0.39 is 5.60 Å². The van der Waals surface area contributed by atoms with Gasteiger partial charge in [0.05, 0.1) is 5.60 Å². The highest BCUT2D eigenvalue weighted by Gasteiger charge is 2.33. The lowest BCUT2D eigenvalue weighted by Gasteiger charge is -2.24. The Kier molecular flexibility index (Phi) is 3.34. The van der Waals surface area contributed by atoms with Crippen LogP contribution in [0.2, 0.25) is 0 Å². The number of nitrogens with zero attached hydrogens (tertiary/aromatic N) is 2. The van der Waals surface area contributed by atoms with Gasteiger partial charge in [-0.25, -0.2) is 0 Å². The molecule has 0 amide bonds. The molecular formula is C9H19N3O2. The van der Waals surface area contributed by atoms with Gasteiger partial charge in [-0.3, -0.25) is 4.90 Å². The summed E-state index contributed by atoms with van der Waals surface area (Å²) in [6, 6.07) is 0.208. The average Bonchev–Trinajstić information content (AvgIpc) is 2.46. The number of β-amino-alcohol motifs (C(OH)–C–C–N with tert-alkyl or cyclic N) is 1. The zero-order valence-electron chi connectivity index (χ0n) is 8.77. The first-order valence-corrected chi connectivity index (χ1v) is 4.87. The molecule has 4 N–H and O–H groups in total. The summed E-state index contributed by atoms with van der Waals surface area (Å²) < 4.78 is 0. The third-order valence-electron chi connectivity index (χ3n) is 2.74. The van der Waals surface area contributed by atoms with Gasteiger partial charge in [0, 0.05) is 25.6 Å². The number of hydrogen-bond acceptors (Lipinski definition) is 4. The number of aliphatic hydroxyl groups is 1. The minimum absolute atomic E-state index is 0.208. The van der Waals surface area contributed by atoms with Crippen LogP contribution in [0.3, 0.4) is 0 Å². The van der Waals surface area contributed by atoms with E-state index in [1.807, 2.05) is 13.8 Å². The van der Waals surface area contributed by atoms with Crippen molar-refractivity contribution in [3.05, 3.63) is 0 Å². The summed E-state index contributed by atoms with van der Waals surface area (Å²) in [6.07, 6.45) is 1.32. The van der Waals surface area contributed by atoms with E-state index in [-0.39, 0.29) is 11.9 Å². The predicted molar refractivity (Wildman–Crippen MR) is 54.3 cm³/mol. The fraction of sp³-hybridized carbons (Fsp3) is 0.889. The highest BCUT2D eigenvalue weighted by Crippen LogP contribution is 2.22. The molecule has 0 aliphatic carbocycles. The van der Waals surface area contributed by atoms with Crippen LogP contribution in [-0.4, -0.2) is 45.8 Å². The van der Waals surface area contributed by atoms with Gasteiger partial charge < -0.3 is 16.0 Å². The van der Waals surface area contributed by atoms with Crippen LogP contribution < -0.4 is 5.73 Å². The van der Waals surface area contributed by atoms with E-state index in [2.05, 4.69) is 10.1 Å². The highest BCUT2D eigenvalue weighted by molar-refractivity contribution is 5.80. The van der Waals surface area contributed by atoms with Crippen LogP contribution in [-0.2, 0) is 0 Å². The lowest BCUT2D eigenvalue weighted by molar-refractivity contribution is 0.0638. The topological polar surface area (TPSA) is 82.1 Å². The summed E-state index contributed by atoms with van der Waals surface area (Å²) in [4.78, 5) is 2.15. The Hall–Kier alpha value is -0.810. The molecule has 0 bridgehead atoms. The Morgan fingerprint density at radius 3 is 2.79 bits per heavy atom. The molecule has 0 aromatic rings. The normalized spacial score (nSPS) is 32.1. The molecule has 0 aromatic carbocycles. The monoisotopic (exact) mass is 201 g/mol. The van der Waals surface area contributed by atoms with Crippen molar-refractivity contribution >= 4 is 5.84 Å². The van der Waals surface area contributed by atoms with Gasteiger partial charge in [0.25, 0.3) is 0 Å². The van der Waals surface area contributed by atoms with Crippen LogP contribution in [0, 0.1) is 0 Å². The van der Waals surface area contributed by atoms with Gasteiger partial charge in [-0.05, 0) is 20.3 Å². The van der Waals surface area contributed by atoms with Gasteiger partial charge in [0.2, 0.25) is 0 Å². The van der Waals surface area contributed by atoms with E-state index in [0.717, 1.165) is 13.0 Å². The van der Waals surface area contributed by atoms with Gasteiger partial charge in [0.1, 0.15) is 5.84 Å². The lowest BCUT2D eigenvalue weighted by atomic mass is 10.1. The summed E-state index contributed by atoms with van der Waals surface area (Å²) in [5.41, 5.74) is 4.84. The van der Waals surface area contributed by atoms with Gasteiger partial charge in [0.15, 0.2) is 0 Å². The van der Waals surface area contributed by atoms with E-state index >= 15 is 0 Å². The van der Waals surface area contributed by atoms with Crippen LogP contribution >= 0.6 is 0 Å². The fourth-order valence-electron chi connectivity index (χ4n) is 1.83. The molecule has 5 heteroatoms. The Balaban J connectivity index is 2.43. The third kappa shape index (κ3) is 2.85. The fourth-order valence-corrected chi connectivity index (χ4v) is 1.83. The van der Waals surface area contributed by atoms with Crippen molar-refractivity contribution in [2.24, 2.45) is 10.9 Å². The second kappa shape index (κ2) is 4.14. The molecule has 0 aromatic heterocycles. The van der Waals surface area contributed by atoms with Crippen LogP contribution in [0.4, 0.5) is 0 Å². The molecule has 1 rings (SSSR count). The van der Waals surface area contributed by atoms with Crippen LogP contribution in [0.15, 0.2) is 5.16 Å². The molecule has 2 unspecified atom stereocenters. The minimum Gasteiger partial charge on any atom is -0.409 e.